The van der Waals surface area contributed by atoms with Crippen LogP contribution in [-0.4, -0.2) is 18.1 Å². The van der Waals surface area contributed by atoms with Gasteiger partial charge in [0, 0.05) is 23.4 Å². The van der Waals surface area contributed by atoms with E-state index in [-0.39, 0.29) is 11.9 Å². The minimum absolute atomic E-state index is 0.189. The van der Waals surface area contributed by atoms with Gasteiger partial charge in [-0.15, -0.1) is 0 Å². The first-order valence-electron chi connectivity index (χ1n) is 10.3. The largest absolute Gasteiger partial charge is 0.466 e. The van der Waals surface area contributed by atoms with Gasteiger partial charge in [0.1, 0.15) is 5.76 Å². The Kier molecular flexibility index (Phi) is 7.94. The molecule has 6 heteroatoms. The summed E-state index contributed by atoms with van der Waals surface area (Å²) in [6.45, 7) is 6.15. The molecular weight excluding hydrogens is 445 g/mol. The Morgan fingerprint density at radius 2 is 1.94 bits per heavy atom. The highest BCUT2D eigenvalue weighted by Crippen LogP contribution is 2.33. The van der Waals surface area contributed by atoms with Crippen molar-refractivity contribution in [3.8, 4) is 11.5 Å². The highest BCUT2D eigenvalue weighted by atomic mass is 35.5. The number of halogens is 2. The van der Waals surface area contributed by atoms with Crippen LogP contribution in [0.25, 0.3) is 23.6 Å². The van der Waals surface area contributed by atoms with Gasteiger partial charge in [0.25, 0.3) is 0 Å². The van der Waals surface area contributed by atoms with Crippen LogP contribution in [0.15, 0.2) is 53.0 Å². The van der Waals surface area contributed by atoms with Crippen molar-refractivity contribution in [2.75, 3.05) is 7.11 Å². The molecule has 1 aromatic heterocycles. The van der Waals surface area contributed by atoms with Crippen LogP contribution in [0.2, 0.25) is 10.0 Å². The van der Waals surface area contributed by atoms with Crippen LogP contribution in [0.4, 0.5) is 0 Å². The summed E-state index contributed by atoms with van der Waals surface area (Å²) >= 11 is 12.3. The van der Waals surface area contributed by atoms with Gasteiger partial charge in [0.05, 0.1) is 23.4 Å². The van der Waals surface area contributed by atoms with Crippen molar-refractivity contribution in [3.63, 3.8) is 0 Å². The molecule has 32 heavy (non-hydrogen) atoms. The Morgan fingerprint density at radius 1 is 1.16 bits per heavy atom. The van der Waals surface area contributed by atoms with E-state index in [9.17, 15) is 4.79 Å². The predicted octanol–water partition coefficient (Wildman–Crippen LogP) is 7.52. The van der Waals surface area contributed by atoms with Crippen LogP contribution in [0.5, 0.6) is 0 Å². The number of hydrogen-bond donors (Lipinski definition) is 0. The van der Waals surface area contributed by atoms with Crippen LogP contribution in [-0.2, 0) is 16.0 Å². The van der Waals surface area contributed by atoms with Gasteiger partial charge in [-0.25, -0.2) is 9.78 Å². The van der Waals surface area contributed by atoms with Crippen LogP contribution < -0.4 is 0 Å². The minimum Gasteiger partial charge on any atom is -0.466 e. The predicted molar refractivity (Wildman–Crippen MR) is 131 cm³/mol. The number of aryl methyl sites for hydroxylation is 1. The third kappa shape index (κ3) is 5.90. The standard InChI is InChI=1S/C26H25Cl2NO3/c1-16(2)25-23(29-26(32-25)21-12-11-20(27)15-22(21)28)7-5-6-18-8-9-19(17(3)14-18)10-13-24(30)31-4/h5-6,8-16H,7H2,1-4H3/b6-5+,13-10+. The molecule has 3 aromatic rings. The second-order valence-electron chi connectivity index (χ2n) is 7.69. The lowest BCUT2D eigenvalue weighted by Gasteiger charge is -2.03. The van der Waals surface area contributed by atoms with Crippen molar-refractivity contribution in [2.24, 2.45) is 0 Å². The first-order valence-corrected chi connectivity index (χ1v) is 11.0. The van der Waals surface area contributed by atoms with E-state index in [1.165, 1.54) is 13.2 Å². The third-order valence-corrected chi connectivity index (χ3v) is 5.48. The SMILES string of the molecule is COC(=O)/C=C/c1ccc(/C=C/Cc2nc(-c3ccc(Cl)cc3Cl)oc2C(C)C)cc1C. The number of carbonyl (C=O) groups is 1. The molecule has 1 heterocycles. The van der Waals surface area contributed by atoms with Crippen LogP contribution in [0, 0.1) is 6.92 Å². The van der Waals surface area contributed by atoms with Crippen molar-refractivity contribution in [3.05, 3.63) is 86.7 Å². The van der Waals surface area contributed by atoms with Gasteiger partial charge < -0.3 is 9.15 Å². The summed E-state index contributed by atoms with van der Waals surface area (Å²) in [4.78, 5) is 16.0. The lowest BCUT2D eigenvalue weighted by Crippen LogP contribution is -1.93. The molecule has 0 radical (unpaired) electrons. The maximum Gasteiger partial charge on any atom is 0.330 e. The lowest BCUT2D eigenvalue weighted by atomic mass is 10.0. The van der Waals surface area contributed by atoms with Crippen molar-refractivity contribution in [1.82, 2.24) is 4.98 Å². The zero-order valence-electron chi connectivity index (χ0n) is 18.5. The molecule has 3 rings (SSSR count). The van der Waals surface area contributed by atoms with Crippen molar-refractivity contribution in [2.45, 2.75) is 33.1 Å². The van der Waals surface area contributed by atoms with Gasteiger partial charge >= 0.3 is 5.97 Å². The molecule has 0 fully saturated rings. The third-order valence-electron chi connectivity index (χ3n) is 4.93. The summed E-state index contributed by atoms with van der Waals surface area (Å²) < 4.78 is 10.7. The van der Waals surface area contributed by atoms with E-state index in [0.29, 0.717) is 22.4 Å². The van der Waals surface area contributed by atoms with E-state index in [1.807, 2.05) is 25.1 Å². The second-order valence-corrected chi connectivity index (χ2v) is 8.53. The first kappa shape index (κ1) is 23.8. The number of methoxy groups -OCH3 is 1. The molecular formula is C26H25Cl2NO3. The summed E-state index contributed by atoms with van der Waals surface area (Å²) in [5, 5.41) is 1.08. The van der Waals surface area contributed by atoms with Crippen molar-refractivity contribution in [1.29, 1.82) is 0 Å². The molecule has 0 bridgehead atoms. The molecule has 0 saturated heterocycles. The highest BCUT2D eigenvalue weighted by Gasteiger charge is 2.18. The van der Waals surface area contributed by atoms with Crippen LogP contribution in [0.3, 0.4) is 0 Å². The fourth-order valence-electron chi connectivity index (χ4n) is 3.26. The average molecular weight is 470 g/mol. The van der Waals surface area contributed by atoms with Gasteiger partial charge in [0.2, 0.25) is 5.89 Å². The van der Waals surface area contributed by atoms with E-state index >= 15 is 0 Å². The molecule has 0 N–H and O–H groups in total. The summed E-state index contributed by atoms with van der Waals surface area (Å²) in [6, 6.07) is 11.3. The van der Waals surface area contributed by atoms with Gasteiger partial charge in [-0.2, -0.15) is 0 Å². The Labute approximate surface area is 198 Å². The van der Waals surface area contributed by atoms with E-state index < -0.39 is 0 Å². The van der Waals surface area contributed by atoms with Gasteiger partial charge in [-0.3, -0.25) is 0 Å². The Bertz CT molecular complexity index is 1180. The first-order chi connectivity index (χ1) is 15.3. The topological polar surface area (TPSA) is 52.3 Å². The number of aromatic nitrogens is 1. The number of oxazole rings is 1. The maximum absolute atomic E-state index is 11.3. The molecule has 0 aliphatic heterocycles. The number of esters is 1. The molecule has 0 atom stereocenters. The van der Waals surface area contributed by atoms with Crippen LogP contribution in [0.1, 0.15) is 47.9 Å². The van der Waals surface area contributed by atoms with Crippen molar-refractivity contribution >= 4 is 41.3 Å². The number of rotatable bonds is 7. The zero-order valence-corrected chi connectivity index (χ0v) is 20.0. The molecule has 0 aliphatic rings. The Morgan fingerprint density at radius 3 is 2.59 bits per heavy atom. The van der Waals surface area contributed by atoms with Gasteiger partial charge in [-0.05, 0) is 47.9 Å². The average Bonchev–Trinajstić information content (AvgIpc) is 3.17. The maximum atomic E-state index is 11.3. The quantitative estimate of drug-likeness (QED) is 0.265. The number of hydrogen-bond acceptors (Lipinski definition) is 4. The molecule has 2 aromatic carbocycles. The number of ether oxygens (including phenoxy) is 1. The second kappa shape index (κ2) is 10.7. The Balaban J connectivity index is 1.79. The van der Waals surface area contributed by atoms with Crippen LogP contribution >= 0.6 is 23.2 Å². The Hall–Kier alpha value is -2.82. The van der Waals surface area contributed by atoms with E-state index in [4.69, 9.17) is 32.6 Å². The monoisotopic (exact) mass is 469 g/mol. The number of nitrogens with zero attached hydrogens (tertiary/aromatic N) is 1. The molecule has 4 nitrogen and oxygen atoms in total. The number of benzene rings is 2. The highest BCUT2D eigenvalue weighted by molar-refractivity contribution is 6.36. The molecule has 166 valence electrons. The summed E-state index contributed by atoms with van der Waals surface area (Å²) in [5.41, 5.74) is 4.70. The van der Waals surface area contributed by atoms with E-state index in [2.05, 4.69) is 36.8 Å². The lowest BCUT2D eigenvalue weighted by molar-refractivity contribution is -0.134. The fourth-order valence-corrected chi connectivity index (χ4v) is 3.75. The summed E-state index contributed by atoms with van der Waals surface area (Å²) in [7, 11) is 1.36. The molecule has 0 unspecified atom stereocenters. The van der Waals surface area contributed by atoms with E-state index in [0.717, 1.165) is 33.7 Å². The van der Waals surface area contributed by atoms with Gasteiger partial charge in [-0.1, -0.05) is 67.4 Å². The van der Waals surface area contributed by atoms with E-state index in [1.54, 1.807) is 18.2 Å². The molecule has 0 aliphatic carbocycles. The normalized spacial score (nSPS) is 11.7. The summed E-state index contributed by atoms with van der Waals surface area (Å²) in [5.74, 6) is 1.15. The molecule has 0 amide bonds. The molecule has 0 saturated carbocycles. The summed E-state index contributed by atoms with van der Waals surface area (Å²) in [6.07, 6.45) is 7.91. The zero-order chi connectivity index (χ0) is 23.3. The van der Waals surface area contributed by atoms with Gasteiger partial charge in [0.15, 0.2) is 0 Å². The minimum atomic E-state index is -0.374. The fraction of sp³-hybridized carbons (Fsp3) is 0.231. The smallest absolute Gasteiger partial charge is 0.330 e. The number of carbonyl (C=O) groups excluding carboxylic acids is 1. The number of allylic oxidation sites excluding steroid dienone is 1. The van der Waals surface area contributed by atoms with Crippen molar-refractivity contribution < 1.29 is 13.9 Å². The molecule has 0 spiro atoms.